The maximum Gasteiger partial charge on any atom is 0.163 e. The number of hydrogen-bond acceptors (Lipinski definition) is 4. The van der Waals surface area contributed by atoms with E-state index < -0.39 is 6.10 Å². The van der Waals surface area contributed by atoms with Crippen LogP contribution in [0.4, 0.5) is 0 Å². The Hall–Kier alpha value is -1.75. The number of ether oxygens (including phenoxy) is 1. The summed E-state index contributed by atoms with van der Waals surface area (Å²) in [6, 6.07) is 3.45. The predicted octanol–water partition coefficient (Wildman–Crippen LogP) is 1.59. The van der Waals surface area contributed by atoms with Gasteiger partial charge in [0.05, 0.1) is 19.6 Å². The molecule has 2 rings (SSSR count). The van der Waals surface area contributed by atoms with Gasteiger partial charge in [0.2, 0.25) is 0 Å². The molecular formula is C11H14N2O3. The average molecular weight is 222 g/mol. The zero-order valence-corrected chi connectivity index (χ0v) is 9.25. The minimum absolute atomic E-state index is 0.480. The van der Waals surface area contributed by atoms with Crippen molar-refractivity contribution in [3.63, 3.8) is 0 Å². The fourth-order valence-electron chi connectivity index (χ4n) is 1.64. The Morgan fingerprint density at radius 3 is 3.00 bits per heavy atom. The number of furan rings is 1. The van der Waals surface area contributed by atoms with E-state index in [1.807, 2.05) is 6.92 Å². The summed E-state index contributed by atoms with van der Waals surface area (Å²) < 4.78 is 12.0. The average Bonchev–Trinajstić information content (AvgIpc) is 2.96. The van der Waals surface area contributed by atoms with Crippen molar-refractivity contribution in [1.82, 2.24) is 9.78 Å². The summed E-state index contributed by atoms with van der Waals surface area (Å²) in [5.41, 5.74) is 0.611. The first-order chi connectivity index (χ1) is 7.77. The standard InChI is InChI=1S/C11H14N2O3/c1-3-13-10(9(15-2)7-12-13)11(14)8-5-4-6-16-8/h4-7,11,14H,3H2,1-2H3. The highest BCUT2D eigenvalue weighted by molar-refractivity contribution is 5.31. The second kappa shape index (κ2) is 4.40. The second-order valence-electron chi connectivity index (χ2n) is 3.33. The minimum Gasteiger partial charge on any atom is -0.493 e. The maximum absolute atomic E-state index is 10.2. The van der Waals surface area contributed by atoms with Crippen LogP contribution in [-0.2, 0) is 6.54 Å². The maximum atomic E-state index is 10.2. The van der Waals surface area contributed by atoms with Crippen LogP contribution in [0, 0.1) is 0 Å². The molecule has 5 heteroatoms. The van der Waals surface area contributed by atoms with Crippen molar-refractivity contribution in [3.05, 3.63) is 36.0 Å². The van der Waals surface area contributed by atoms with E-state index in [4.69, 9.17) is 9.15 Å². The number of nitrogens with zero attached hydrogens (tertiary/aromatic N) is 2. The molecule has 0 spiro atoms. The lowest BCUT2D eigenvalue weighted by Gasteiger charge is -2.11. The minimum atomic E-state index is -0.854. The van der Waals surface area contributed by atoms with Crippen LogP contribution in [0.3, 0.4) is 0 Å². The predicted molar refractivity (Wildman–Crippen MR) is 57.2 cm³/mol. The van der Waals surface area contributed by atoms with Crippen LogP contribution < -0.4 is 4.74 Å². The SMILES string of the molecule is CCn1ncc(OC)c1C(O)c1ccco1. The van der Waals surface area contributed by atoms with Crippen molar-refractivity contribution >= 4 is 0 Å². The summed E-state index contributed by atoms with van der Waals surface area (Å²) in [5.74, 6) is 1.04. The van der Waals surface area contributed by atoms with E-state index >= 15 is 0 Å². The molecule has 1 N–H and O–H groups in total. The number of hydrogen-bond donors (Lipinski definition) is 1. The molecule has 0 aliphatic carbocycles. The van der Waals surface area contributed by atoms with E-state index in [-0.39, 0.29) is 0 Å². The van der Waals surface area contributed by atoms with Gasteiger partial charge in [-0.05, 0) is 19.1 Å². The third-order valence-electron chi connectivity index (χ3n) is 2.44. The molecule has 16 heavy (non-hydrogen) atoms. The third-order valence-corrected chi connectivity index (χ3v) is 2.44. The summed E-state index contributed by atoms with van der Waals surface area (Å²) in [6.07, 6.45) is 2.26. The van der Waals surface area contributed by atoms with Gasteiger partial charge in [-0.15, -0.1) is 0 Å². The molecule has 0 radical (unpaired) electrons. The highest BCUT2D eigenvalue weighted by Crippen LogP contribution is 2.29. The molecule has 86 valence electrons. The molecule has 0 amide bonds. The number of methoxy groups -OCH3 is 1. The zero-order chi connectivity index (χ0) is 11.5. The lowest BCUT2D eigenvalue weighted by atomic mass is 10.2. The van der Waals surface area contributed by atoms with Gasteiger partial charge in [0.15, 0.2) is 11.9 Å². The van der Waals surface area contributed by atoms with Crippen molar-refractivity contribution in [3.8, 4) is 5.75 Å². The van der Waals surface area contributed by atoms with E-state index in [9.17, 15) is 5.11 Å². The first-order valence-electron chi connectivity index (χ1n) is 5.09. The molecule has 1 atom stereocenters. The van der Waals surface area contributed by atoms with Gasteiger partial charge in [-0.3, -0.25) is 4.68 Å². The van der Waals surface area contributed by atoms with Crippen molar-refractivity contribution in [2.45, 2.75) is 19.6 Å². The van der Waals surface area contributed by atoms with Gasteiger partial charge in [-0.2, -0.15) is 5.10 Å². The van der Waals surface area contributed by atoms with E-state index in [2.05, 4.69) is 5.10 Å². The zero-order valence-electron chi connectivity index (χ0n) is 9.25. The monoisotopic (exact) mass is 222 g/mol. The van der Waals surface area contributed by atoms with Gasteiger partial charge >= 0.3 is 0 Å². The molecular weight excluding hydrogens is 208 g/mol. The molecule has 2 aromatic heterocycles. The Balaban J connectivity index is 2.41. The van der Waals surface area contributed by atoms with Gasteiger partial charge in [0.25, 0.3) is 0 Å². The fourth-order valence-corrected chi connectivity index (χ4v) is 1.64. The summed E-state index contributed by atoms with van der Waals surface area (Å²) in [7, 11) is 1.55. The van der Waals surface area contributed by atoms with Gasteiger partial charge in [-0.1, -0.05) is 0 Å². The lowest BCUT2D eigenvalue weighted by Crippen LogP contribution is -2.09. The van der Waals surface area contributed by atoms with Crippen molar-refractivity contribution in [2.75, 3.05) is 7.11 Å². The second-order valence-corrected chi connectivity index (χ2v) is 3.33. The molecule has 0 fully saturated rings. The highest BCUT2D eigenvalue weighted by atomic mass is 16.5. The normalized spacial score (nSPS) is 12.7. The lowest BCUT2D eigenvalue weighted by molar-refractivity contribution is 0.174. The fraction of sp³-hybridized carbons (Fsp3) is 0.364. The van der Waals surface area contributed by atoms with Crippen molar-refractivity contribution in [2.24, 2.45) is 0 Å². The van der Waals surface area contributed by atoms with Crippen LogP contribution in [-0.4, -0.2) is 22.0 Å². The van der Waals surface area contributed by atoms with Crippen LogP contribution in [0.15, 0.2) is 29.0 Å². The smallest absolute Gasteiger partial charge is 0.163 e. The molecule has 0 aliphatic heterocycles. The Labute approximate surface area is 93.3 Å². The number of rotatable bonds is 4. The van der Waals surface area contributed by atoms with E-state index in [1.54, 1.807) is 30.1 Å². The summed E-state index contributed by atoms with van der Waals surface area (Å²) >= 11 is 0. The van der Waals surface area contributed by atoms with Crippen LogP contribution >= 0.6 is 0 Å². The molecule has 0 aromatic carbocycles. The molecule has 1 unspecified atom stereocenters. The molecule has 2 heterocycles. The van der Waals surface area contributed by atoms with Gasteiger partial charge in [0.1, 0.15) is 11.5 Å². The summed E-state index contributed by atoms with van der Waals surface area (Å²) in [4.78, 5) is 0. The first kappa shape index (κ1) is 10.8. The van der Waals surface area contributed by atoms with E-state index in [1.165, 1.54) is 6.26 Å². The first-order valence-corrected chi connectivity index (χ1v) is 5.09. The molecule has 0 aliphatic rings. The Bertz CT molecular complexity index is 426. The van der Waals surface area contributed by atoms with Crippen LogP contribution in [0.1, 0.15) is 24.5 Å². The molecule has 5 nitrogen and oxygen atoms in total. The van der Waals surface area contributed by atoms with Crippen molar-refractivity contribution < 1.29 is 14.3 Å². The van der Waals surface area contributed by atoms with Crippen LogP contribution in [0.25, 0.3) is 0 Å². The largest absolute Gasteiger partial charge is 0.493 e. The van der Waals surface area contributed by atoms with Gasteiger partial charge in [0, 0.05) is 6.54 Å². The molecule has 2 aromatic rings. The van der Waals surface area contributed by atoms with Crippen molar-refractivity contribution in [1.29, 1.82) is 0 Å². The Kier molecular flexibility index (Phi) is 2.96. The highest BCUT2D eigenvalue weighted by Gasteiger charge is 2.22. The van der Waals surface area contributed by atoms with E-state index in [0.29, 0.717) is 23.7 Å². The molecule has 0 bridgehead atoms. The van der Waals surface area contributed by atoms with Gasteiger partial charge < -0.3 is 14.3 Å². The molecule has 0 saturated carbocycles. The summed E-state index contributed by atoms with van der Waals surface area (Å²) in [5, 5.41) is 14.3. The van der Waals surface area contributed by atoms with E-state index in [0.717, 1.165) is 0 Å². The van der Waals surface area contributed by atoms with Crippen LogP contribution in [0.2, 0.25) is 0 Å². The number of aryl methyl sites for hydroxylation is 1. The van der Waals surface area contributed by atoms with Gasteiger partial charge in [-0.25, -0.2) is 0 Å². The Morgan fingerprint density at radius 1 is 1.62 bits per heavy atom. The topological polar surface area (TPSA) is 60.4 Å². The number of aliphatic hydroxyl groups is 1. The Morgan fingerprint density at radius 2 is 2.44 bits per heavy atom. The number of aromatic nitrogens is 2. The number of aliphatic hydroxyl groups excluding tert-OH is 1. The molecule has 0 saturated heterocycles. The quantitative estimate of drug-likeness (QED) is 0.853. The summed E-state index contributed by atoms with van der Waals surface area (Å²) in [6.45, 7) is 2.61. The third kappa shape index (κ3) is 1.69. The van der Waals surface area contributed by atoms with Crippen LogP contribution in [0.5, 0.6) is 5.75 Å².